The lowest BCUT2D eigenvalue weighted by Crippen LogP contribution is -2.32. The summed E-state index contributed by atoms with van der Waals surface area (Å²) >= 11 is 0. The Morgan fingerprint density at radius 2 is 2.00 bits per heavy atom. The highest BCUT2D eigenvalue weighted by Gasteiger charge is 2.13. The number of nitrogens with two attached hydrogens (primary N) is 2. The summed E-state index contributed by atoms with van der Waals surface area (Å²) in [5.74, 6) is -0.990. The van der Waals surface area contributed by atoms with E-state index in [0.29, 0.717) is 0 Å². The van der Waals surface area contributed by atoms with E-state index in [4.69, 9.17) is 11.5 Å². The molecule has 72 valence electrons. The maximum atomic E-state index is 10.6. The van der Waals surface area contributed by atoms with Gasteiger partial charge in [-0.15, -0.1) is 12.4 Å². The van der Waals surface area contributed by atoms with Gasteiger partial charge in [0.1, 0.15) is 6.04 Å². The maximum absolute atomic E-state index is 10.6. The van der Waals surface area contributed by atoms with Crippen LogP contribution in [0.25, 0.3) is 0 Å². The molecule has 0 aromatic rings. The third-order valence-electron chi connectivity index (χ3n) is 1.21. The summed E-state index contributed by atoms with van der Waals surface area (Å²) in [6.07, 6.45) is 0.346. The first-order valence-electron chi connectivity index (χ1n) is 3.19. The largest absolute Gasteiger partial charge is 0.468 e. The van der Waals surface area contributed by atoms with E-state index in [2.05, 4.69) is 4.74 Å². The molecule has 0 bridgehead atoms. The minimum Gasteiger partial charge on any atom is -0.468 e. The molecule has 0 aliphatic carbocycles. The third-order valence-corrected chi connectivity index (χ3v) is 1.21. The quantitative estimate of drug-likeness (QED) is 0.459. The van der Waals surface area contributed by atoms with Crippen LogP contribution in [0, 0.1) is 0 Å². The molecule has 0 aromatic carbocycles. The number of carbonyl (C=O) groups excluding carboxylic acids is 2. The first-order chi connectivity index (χ1) is 5.07. The monoisotopic (exact) mass is 201 g/mol. The van der Waals surface area contributed by atoms with E-state index in [1.807, 2.05) is 0 Å². The highest BCUT2D eigenvalue weighted by Crippen LogP contribution is 1.94. The zero-order chi connectivity index (χ0) is 8.85. The second-order valence-corrected chi connectivity index (χ2v) is 2.13. The topological polar surface area (TPSA) is 95.4 Å². The lowest BCUT2D eigenvalue weighted by molar-refractivity contribution is -0.142. The number of carbonyl (C=O) groups is 2. The van der Waals surface area contributed by atoms with Crippen LogP contribution >= 0.6 is 12.4 Å². The normalized spacial score (nSPS) is 11.2. The van der Waals surface area contributed by atoms with Crippen LogP contribution in [0.1, 0.15) is 12.8 Å². The van der Waals surface area contributed by atoms with Crippen LogP contribution in [0.3, 0.4) is 0 Å². The van der Waals surface area contributed by atoms with Gasteiger partial charge in [0.2, 0.25) is 5.91 Å². The Morgan fingerprint density at radius 3 is 2.33 bits per heavy atom. The van der Waals surface area contributed by atoms with Gasteiger partial charge in [-0.3, -0.25) is 9.59 Å². The molecule has 0 radical (unpaired) electrons. The fourth-order valence-corrected chi connectivity index (χ4v) is 0.567. The molecule has 0 aliphatic heterocycles. The van der Waals surface area contributed by atoms with Crippen molar-refractivity contribution in [2.24, 2.45) is 11.5 Å². The fourth-order valence-electron chi connectivity index (χ4n) is 0.567. The molecule has 0 spiro atoms. The standard InChI is InChI=1S/C6H12N2O3.ClH/c1-11-6(10)4(7)2-3-5(8)9;/h4H,2-3,7H2,1H3,(H2,8,9);1H/t4-;/m1./s1/i2+1,3+1,4+1,5+1,6+1;. The number of hydrogen-bond donors (Lipinski definition) is 2. The summed E-state index contributed by atoms with van der Waals surface area (Å²) in [6.45, 7) is 0. The van der Waals surface area contributed by atoms with Crippen molar-refractivity contribution in [3.05, 3.63) is 0 Å². The summed E-state index contributed by atoms with van der Waals surface area (Å²) in [5, 5.41) is 0. The molecule has 12 heavy (non-hydrogen) atoms. The summed E-state index contributed by atoms with van der Waals surface area (Å²) in [4.78, 5) is 20.9. The maximum Gasteiger partial charge on any atom is 0.322 e. The molecule has 4 N–H and O–H groups in total. The Kier molecular flexibility index (Phi) is 7.88. The number of ether oxygens (including phenoxy) is 1. The number of methoxy groups -OCH3 is 1. The van der Waals surface area contributed by atoms with Gasteiger partial charge in [0.25, 0.3) is 0 Å². The summed E-state index contributed by atoms with van der Waals surface area (Å²) < 4.78 is 4.33. The molecule has 6 heteroatoms. The predicted molar refractivity (Wildman–Crippen MR) is 45.7 cm³/mol. The molecule has 0 unspecified atom stereocenters. The zero-order valence-electron chi connectivity index (χ0n) is 6.78. The van der Waals surface area contributed by atoms with Gasteiger partial charge in [0, 0.05) is 6.42 Å². The second kappa shape index (κ2) is 6.87. The van der Waals surface area contributed by atoms with Crippen molar-refractivity contribution in [3.8, 4) is 0 Å². The molecule has 0 saturated heterocycles. The van der Waals surface area contributed by atoms with Crippen molar-refractivity contribution in [2.75, 3.05) is 7.11 Å². The van der Waals surface area contributed by atoms with Gasteiger partial charge in [-0.2, -0.15) is 0 Å². The van der Waals surface area contributed by atoms with Crippen molar-refractivity contribution in [2.45, 2.75) is 18.9 Å². The van der Waals surface area contributed by atoms with Crippen LogP contribution < -0.4 is 11.5 Å². The number of halogens is 1. The van der Waals surface area contributed by atoms with Crippen LogP contribution in [0.4, 0.5) is 0 Å². The Balaban J connectivity index is 0. The SMILES string of the molecule is CO[13C](=O)[13C@H](N)[13CH2][13CH2][13C](N)=O.Cl. The summed E-state index contributed by atoms with van der Waals surface area (Å²) in [7, 11) is 1.24. The summed E-state index contributed by atoms with van der Waals surface area (Å²) in [6, 6.07) is -0.743. The van der Waals surface area contributed by atoms with E-state index in [-0.39, 0.29) is 25.2 Å². The molecule has 1 amide bonds. The Morgan fingerprint density at radius 1 is 1.50 bits per heavy atom. The van der Waals surface area contributed by atoms with Crippen LogP contribution in [0.15, 0.2) is 0 Å². The van der Waals surface area contributed by atoms with Gasteiger partial charge in [-0.1, -0.05) is 0 Å². The molecule has 5 nitrogen and oxygen atoms in total. The average molecular weight is 202 g/mol. The number of hydrogen-bond acceptors (Lipinski definition) is 4. The fraction of sp³-hybridized carbons (Fsp3) is 0.667. The van der Waals surface area contributed by atoms with Crippen LogP contribution in [-0.4, -0.2) is 25.0 Å². The zero-order valence-corrected chi connectivity index (χ0v) is 7.60. The Bertz CT molecular complexity index is 163. The minimum atomic E-state index is -0.743. The lowest BCUT2D eigenvalue weighted by atomic mass is 11.1. The first kappa shape index (κ1) is 13.8. The molecule has 0 fully saturated rings. The molecule has 1 atom stereocenters. The summed E-state index contributed by atoms with van der Waals surface area (Å²) in [5.41, 5.74) is 10.1. The average Bonchev–Trinajstić information content (AvgIpc) is 1.98. The second-order valence-electron chi connectivity index (χ2n) is 2.13. The molecule has 0 rings (SSSR count). The molecule has 0 heterocycles. The van der Waals surface area contributed by atoms with Crippen molar-refractivity contribution in [1.82, 2.24) is 0 Å². The minimum absolute atomic E-state index is 0. The number of primary amides is 1. The van der Waals surface area contributed by atoms with Gasteiger partial charge in [0.05, 0.1) is 7.11 Å². The van der Waals surface area contributed by atoms with Crippen molar-refractivity contribution in [3.63, 3.8) is 0 Å². The van der Waals surface area contributed by atoms with Crippen molar-refractivity contribution >= 4 is 24.3 Å². The number of esters is 1. The van der Waals surface area contributed by atoms with Gasteiger partial charge < -0.3 is 16.2 Å². The smallest absolute Gasteiger partial charge is 0.322 e. The van der Waals surface area contributed by atoms with E-state index < -0.39 is 17.9 Å². The van der Waals surface area contributed by atoms with Gasteiger partial charge in [0.15, 0.2) is 0 Å². The van der Waals surface area contributed by atoms with Gasteiger partial charge >= 0.3 is 5.97 Å². The van der Waals surface area contributed by atoms with Crippen molar-refractivity contribution in [1.29, 1.82) is 0 Å². The molecular formula is C6H13ClN2O3. The van der Waals surface area contributed by atoms with E-state index in [1.54, 1.807) is 0 Å². The van der Waals surface area contributed by atoms with Gasteiger partial charge in [-0.05, 0) is 6.42 Å². The van der Waals surface area contributed by atoms with E-state index in [0.717, 1.165) is 0 Å². The third kappa shape index (κ3) is 5.94. The molecule has 0 aliphatic rings. The molecule has 0 aromatic heterocycles. The number of amides is 1. The lowest BCUT2D eigenvalue weighted by Gasteiger charge is -2.06. The predicted octanol–water partition coefficient (Wildman–Crippen LogP) is -0.826. The highest BCUT2D eigenvalue weighted by atomic mass is 35.5. The first-order valence-corrected chi connectivity index (χ1v) is 3.19. The Hall–Kier alpha value is -0.810. The highest BCUT2D eigenvalue weighted by molar-refractivity contribution is 5.85. The van der Waals surface area contributed by atoms with Gasteiger partial charge in [-0.25, -0.2) is 0 Å². The van der Waals surface area contributed by atoms with E-state index >= 15 is 0 Å². The van der Waals surface area contributed by atoms with E-state index in [1.165, 1.54) is 7.11 Å². The van der Waals surface area contributed by atoms with Crippen LogP contribution in [0.5, 0.6) is 0 Å². The number of rotatable bonds is 4. The van der Waals surface area contributed by atoms with Crippen molar-refractivity contribution < 1.29 is 14.3 Å². The van der Waals surface area contributed by atoms with Crippen LogP contribution in [0.2, 0.25) is 0 Å². The molecule has 0 saturated carbocycles. The van der Waals surface area contributed by atoms with E-state index in [9.17, 15) is 9.59 Å². The Labute approximate surface area is 76.8 Å². The molecular weight excluding hydrogens is 188 g/mol. The van der Waals surface area contributed by atoms with Crippen LogP contribution in [-0.2, 0) is 14.3 Å².